The summed E-state index contributed by atoms with van der Waals surface area (Å²) in [5, 5.41) is 1.01. The lowest BCUT2D eigenvalue weighted by atomic mass is 9.91. The second-order valence-corrected chi connectivity index (χ2v) is 7.27. The van der Waals surface area contributed by atoms with Crippen LogP contribution >= 0.6 is 15.9 Å². The smallest absolute Gasteiger partial charge is 0.289 e. The van der Waals surface area contributed by atoms with Gasteiger partial charge in [-0.15, -0.1) is 0 Å². The third-order valence-corrected chi connectivity index (χ3v) is 4.74. The Bertz CT molecular complexity index is 681. The van der Waals surface area contributed by atoms with Crippen LogP contribution in [-0.2, 0) is 0 Å². The van der Waals surface area contributed by atoms with Crippen molar-refractivity contribution in [1.29, 1.82) is 0 Å². The molecule has 1 amide bonds. The van der Waals surface area contributed by atoms with E-state index in [1.165, 1.54) is 6.42 Å². The van der Waals surface area contributed by atoms with Gasteiger partial charge in [-0.05, 0) is 43.4 Å². The lowest BCUT2D eigenvalue weighted by Gasteiger charge is -2.34. The molecule has 21 heavy (non-hydrogen) atoms. The van der Waals surface area contributed by atoms with Gasteiger partial charge in [-0.3, -0.25) is 4.79 Å². The molecule has 2 heterocycles. The van der Waals surface area contributed by atoms with Gasteiger partial charge in [0.15, 0.2) is 5.76 Å². The number of piperidine rings is 1. The summed E-state index contributed by atoms with van der Waals surface area (Å²) in [5.74, 6) is 1.62. The molecule has 1 fully saturated rings. The van der Waals surface area contributed by atoms with E-state index in [4.69, 9.17) is 4.42 Å². The molecular formula is C17H20BrNO2. The van der Waals surface area contributed by atoms with Gasteiger partial charge in [0.05, 0.1) is 0 Å². The maximum atomic E-state index is 12.8. The summed E-state index contributed by atoms with van der Waals surface area (Å²) < 4.78 is 6.83. The van der Waals surface area contributed by atoms with Gasteiger partial charge in [0.25, 0.3) is 5.91 Å². The number of hydrogen-bond acceptors (Lipinski definition) is 2. The van der Waals surface area contributed by atoms with E-state index in [-0.39, 0.29) is 5.91 Å². The molecule has 112 valence electrons. The van der Waals surface area contributed by atoms with Crippen LogP contribution in [0.1, 0.15) is 36.4 Å². The fourth-order valence-electron chi connectivity index (χ4n) is 3.37. The summed E-state index contributed by atoms with van der Waals surface area (Å²) >= 11 is 3.47. The van der Waals surface area contributed by atoms with Crippen LogP contribution < -0.4 is 0 Å². The monoisotopic (exact) mass is 349 g/mol. The Morgan fingerprint density at radius 3 is 2.62 bits per heavy atom. The zero-order chi connectivity index (χ0) is 15.1. The Morgan fingerprint density at radius 2 is 1.95 bits per heavy atom. The van der Waals surface area contributed by atoms with Crippen LogP contribution in [0.3, 0.4) is 0 Å². The highest BCUT2D eigenvalue weighted by molar-refractivity contribution is 9.10. The first-order valence-electron chi connectivity index (χ1n) is 7.43. The number of nitrogens with zero attached hydrogens (tertiary/aromatic N) is 1. The number of aryl methyl sites for hydroxylation is 1. The van der Waals surface area contributed by atoms with E-state index < -0.39 is 0 Å². The van der Waals surface area contributed by atoms with Gasteiger partial charge in [0.1, 0.15) is 5.58 Å². The van der Waals surface area contributed by atoms with Crippen LogP contribution in [0.5, 0.6) is 0 Å². The van der Waals surface area contributed by atoms with Crippen molar-refractivity contribution in [3.8, 4) is 0 Å². The first kappa shape index (κ1) is 14.6. The minimum absolute atomic E-state index is 0.0261. The number of carbonyl (C=O) groups excluding carboxylic acids is 1. The Hall–Kier alpha value is -1.29. The summed E-state index contributed by atoms with van der Waals surface area (Å²) in [6, 6.07) is 5.85. The molecule has 0 bridgehead atoms. The average Bonchev–Trinajstić information content (AvgIpc) is 2.74. The molecule has 1 aromatic carbocycles. The standard InChI is InChI=1S/C17H20BrNO2/c1-10-6-11(2)9-19(8-10)17(20)16-12(3)14-7-13(18)4-5-15(14)21-16/h4-5,7,10-11H,6,8-9H2,1-3H3. The second kappa shape index (κ2) is 5.48. The van der Waals surface area contributed by atoms with Crippen molar-refractivity contribution in [2.45, 2.75) is 27.2 Å². The van der Waals surface area contributed by atoms with E-state index in [0.717, 1.165) is 34.1 Å². The van der Waals surface area contributed by atoms with Crippen LogP contribution in [0.15, 0.2) is 27.1 Å². The largest absolute Gasteiger partial charge is 0.451 e. The molecule has 2 atom stereocenters. The minimum atomic E-state index is 0.0261. The van der Waals surface area contributed by atoms with E-state index in [1.807, 2.05) is 30.0 Å². The summed E-state index contributed by atoms with van der Waals surface area (Å²) in [4.78, 5) is 14.7. The van der Waals surface area contributed by atoms with Crippen molar-refractivity contribution in [2.24, 2.45) is 11.8 Å². The Kier molecular flexibility index (Phi) is 3.82. The predicted octanol–water partition coefficient (Wildman–Crippen LogP) is 4.62. The zero-order valence-electron chi connectivity index (χ0n) is 12.6. The van der Waals surface area contributed by atoms with Gasteiger partial charge in [-0.25, -0.2) is 0 Å². The van der Waals surface area contributed by atoms with Gasteiger partial charge in [-0.2, -0.15) is 0 Å². The second-order valence-electron chi connectivity index (χ2n) is 6.35. The molecule has 0 N–H and O–H groups in total. The molecular weight excluding hydrogens is 330 g/mol. The maximum absolute atomic E-state index is 12.8. The number of amides is 1. The number of fused-ring (bicyclic) bond motifs is 1. The molecule has 0 aliphatic carbocycles. The predicted molar refractivity (Wildman–Crippen MR) is 87.5 cm³/mol. The molecule has 2 aromatic rings. The van der Waals surface area contributed by atoms with E-state index in [9.17, 15) is 4.79 Å². The van der Waals surface area contributed by atoms with E-state index >= 15 is 0 Å². The van der Waals surface area contributed by atoms with Gasteiger partial charge in [0, 0.05) is 28.5 Å². The Labute approximate surface area is 133 Å². The topological polar surface area (TPSA) is 33.5 Å². The number of halogens is 1. The van der Waals surface area contributed by atoms with E-state index in [1.54, 1.807) is 0 Å². The van der Waals surface area contributed by atoms with E-state index in [0.29, 0.717) is 17.6 Å². The molecule has 3 rings (SSSR count). The first-order valence-corrected chi connectivity index (χ1v) is 8.23. The molecule has 4 heteroatoms. The number of carbonyl (C=O) groups is 1. The summed E-state index contributed by atoms with van der Waals surface area (Å²) in [6.07, 6.45) is 1.19. The van der Waals surface area contributed by atoms with Crippen molar-refractivity contribution in [3.05, 3.63) is 34.0 Å². The van der Waals surface area contributed by atoms with Gasteiger partial charge in [0.2, 0.25) is 0 Å². The fraction of sp³-hybridized carbons (Fsp3) is 0.471. The lowest BCUT2D eigenvalue weighted by Crippen LogP contribution is -2.42. The van der Waals surface area contributed by atoms with Crippen molar-refractivity contribution in [3.63, 3.8) is 0 Å². The molecule has 3 nitrogen and oxygen atoms in total. The van der Waals surface area contributed by atoms with Gasteiger partial charge in [-0.1, -0.05) is 29.8 Å². The highest BCUT2D eigenvalue weighted by Gasteiger charge is 2.29. The summed E-state index contributed by atoms with van der Waals surface area (Å²) in [7, 11) is 0. The molecule has 1 saturated heterocycles. The first-order chi connectivity index (χ1) is 9.95. The third-order valence-electron chi connectivity index (χ3n) is 4.25. The zero-order valence-corrected chi connectivity index (χ0v) is 14.2. The molecule has 1 aromatic heterocycles. The highest BCUT2D eigenvalue weighted by atomic mass is 79.9. The molecule has 1 aliphatic heterocycles. The Morgan fingerprint density at radius 1 is 1.29 bits per heavy atom. The van der Waals surface area contributed by atoms with Crippen LogP contribution in [0.2, 0.25) is 0 Å². The van der Waals surface area contributed by atoms with Crippen molar-refractivity contribution in [2.75, 3.05) is 13.1 Å². The summed E-state index contributed by atoms with van der Waals surface area (Å²) in [6.45, 7) is 8.02. The van der Waals surface area contributed by atoms with Gasteiger partial charge < -0.3 is 9.32 Å². The maximum Gasteiger partial charge on any atom is 0.289 e. The van der Waals surface area contributed by atoms with Crippen molar-refractivity contribution < 1.29 is 9.21 Å². The molecule has 0 saturated carbocycles. The minimum Gasteiger partial charge on any atom is -0.451 e. The number of benzene rings is 1. The number of likely N-dealkylation sites (tertiary alicyclic amines) is 1. The molecule has 2 unspecified atom stereocenters. The van der Waals surface area contributed by atoms with Crippen molar-refractivity contribution >= 4 is 32.8 Å². The summed E-state index contributed by atoms with van der Waals surface area (Å²) in [5.41, 5.74) is 1.71. The average molecular weight is 350 g/mol. The fourth-order valence-corrected chi connectivity index (χ4v) is 3.73. The molecule has 1 aliphatic rings. The van der Waals surface area contributed by atoms with Gasteiger partial charge >= 0.3 is 0 Å². The van der Waals surface area contributed by atoms with Crippen LogP contribution in [0, 0.1) is 18.8 Å². The van der Waals surface area contributed by atoms with Crippen molar-refractivity contribution in [1.82, 2.24) is 4.90 Å². The van der Waals surface area contributed by atoms with Crippen LogP contribution in [-0.4, -0.2) is 23.9 Å². The normalized spacial score (nSPS) is 22.8. The highest BCUT2D eigenvalue weighted by Crippen LogP contribution is 2.30. The van der Waals surface area contributed by atoms with E-state index in [2.05, 4.69) is 29.8 Å². The quantitative estimate of drug-likeness (QED) is 0.752. The lowest BCUT2D eigenvalue weighted by molar-refractivity contribution is 0.0593. The Balaban J connectivity index is 1.96. The number of furan rings is 1. The van der Waals surface area contributed by atoms with Crippen LogP contribution in [0.4, 0.5) is 0 Å². The third kappa shape index (κ3) is 2.73. The molecule has 0 radical (unpaired) electrons. The SMILES string of the molecule is Cc1c(C(=O)N2CC(C)CC(C)C2)oc2ccc(Br)cc12. The molecule has 0 spiro atoms. The number of rotatable bonds is 1. The van der Waals surface area contributed by atoms with Crippen LogP contribution in [0.25, 0.3) is 11.0 Å². The number of hydrogen-bond donors (Lipinski definition) is 0.